The summed E-state index contributed by atoms with van der Waals surface area (Å²) in [6.45, 7) is 6.66. The van der Waals surface area contributed by atoms with Crippen LogP contribution < -0.4 is 4.74 Å². The van der Waals surface area contributed by atoms with Gasteiger partial charge in [0.25, 0.3) is 0 Å². The monoisotopic (exact) mass is 264 g/mol. The summed E-state index contributed by atoms with van der Waals surface area (Å²) in [5.74, 6) is 1.31. The van der Waals surface area contributed by atoms with Gasteiger partial charge < -0.3 is 9.47 Å². The number of rotatable bonds is 7. The molecule has 0 spiro atoms. The maximum atomic E-state index is 11.8. The molecule has 0 amide bonds. The predicted molar refractivity (Wildman–Crippen MR) is 76.4 cm³/mol. The number of benzene rings is 1. The van der Waals surface area contributed by atoms with E-state index in [1.165, 1.54) is 0 Å². The first-order valence-corrected chi connectivity index (χ1v) is 6.86. The lowest BCUT2D eigenvalue weighted by atomic mass is 9.93. The molecule has 0 N–H and O–H groups in total. The molecule has 3 nitrogen and oxygen atoms in total. The summed E-state index contributed by atoms with van der Waals surface area (Å²) in [4.78, 5) is 11.8. The van der Waals surface area contributed by atoms with E-state index in [2.05, 4.69) is 6.92 Å². The summed E-state index contributed by atoms with van der Waals surface area (Å²) in [5.41, 5.74) is 1.16. The van der Waals surface area contributed by atoms with Crippen molar-refractivity contribution in [1.82, 2.24) is 0 Å². The average molecular weight is 264 g/mol. The molecule has 0 bridgehead atoms. The van der Waals surface area contributed by atoms with E-state index >= 15 is 0 Å². The third-order valence-corrected chi connectivity index (χ3v) is 3.07. The standard InChI is InChI=1S/C16H24O3/c1-5-13(10-16(17)19-11-12(2)3)14-6-8-15(18-4)9-7-14/h6-9,12-13H,5,10-11H2,1-4H3. The van der Waals surface area contributed by atoms with Crippen molar-refractivity contribution < 1.29 is 14.3 Å². The molecule has 1 aromatic carbocycles. The van der Waals surface area contributed by atoms with Crippen LogP contribution >= 0.6 is 0 Å². The Morgan fingerprint density at radius 2 is 1.84 bits per heavy atom. The Labute approximate surface area is 115 Å². The van der Waals surface area contributed by atoms with E-state index in [1.807, 2.05) is 38.1 Å². The molecule has 0 aliphatic rings. The molecule has 3 heteroatoms. The maximum absolute atomic E-state index is 11.8. The number of methoxy groups -OCH3 is 1. The van der Waals surface area contributed by atoms with E-state index in [0.29, 0.717) is 18.9 Å². The van der Waals surface area contributed by atoms with Gasteiger partial charge in [0, 0.05) is 0 Å². The maximum Gasteiger partial charge on any atom is 0.306 e. The van der Waals surface area contributed by atoms with Crippen molar-refractivity contribution in [3.8, 4) is 5.75 Å². The number of carbonyl (C=O) groups is 1. The molecule has 0 radical (unpaired) electrons. The second-order valence-corrected chi connectivity index (χ2v) is 5.16. The third-order valence-electron chi connectivity index (χ3n) is 3.07. The van der Waals surface area contributed by atoms with Crippen LogP contribution in [0.25, 0.3) is 0 Å². The van der Waals surface area contributed by atoms with E-state index < -0.39 is 0 Å². The lowest BCUT2D eigenvalue weighted by molar-refractivity contribution is -0.145. The van der Waals surface area contributed by atoms with Crippen LogP contribution in [-0.2, 0) is 9.53 Å². The van der Waals surface area contributed by atoms with Crippen LogP contribution in [0.2, 0.25) is 0 Å². The molecule has 1 atom stereocenters. The van der Waals surface area contributed by atoms with Crippen LogP contribution in [0, 0.1) is 5.92 Å². The predicted octanol–water partition coefficient (Wildman–Crippen LogP) is 3.78. The molecule has 1 rings (SSSR count). The molecule has 19 heavy (non-hydrogen) atoms. The van der Waals surface area contributed by atoms with E-state index in [1.54, 1.807) is 7.11 Å². The van der Waals surface area contributed by atoms with Gasteiger partial charge in [-0.3, -0.25) is 4.79 Å². The Morgan fingerprint density at radius 1 is 1.21 bits per heavy atom. The molecule has 0 saturated heterocycles. The fourth-order valence-corrected chi connectivity index (χ4v) is 1.89. The van der Waals surface area contributed by atoms with Gasteiger partial charge in [-0.1, -0.05) is 32.9 Å². The second-order valence-electron chi connectivity index (χ2n) is 5.16. The van der Waals surface area contributed by atoms with Crippen molar-refractivity contribution in [2.45, 2.75) is 39.5 Å². The van der Waals surface area contributed by atoms with Crippen LogP contribution in [0.1, 0.15) is 45.1 Å². The molecule has 0 aliphatic carbocycles. The van der Waals surface area contributed by atoms with E-state index in [0.717, 1.165) is 17.7 Å². The first-order valence-electron chi connectivity index (χ1n) is 6.86. The highest BCUT2D eigenvalue weighted by Gasteiger charge is 2.15. The first-order chi connectivity index (χ1) is 9.06. The lowest BCUT2D eigenvalue weighted by Crippen LogP contribution is -2.13. The second kappa shape index (κ2) is 7.82. The van der Waals surface area contributed by atoms with Gasteiger partial charge in [0.15, 0.2) is 0 Å². The number of ether oxygens (including phenoxy) is 2. The highest BCUT2D eigenvalue weighted by molar-refractivity contribution is 5.70. The molecule has 1 aromatic rings. The van der Waals surface area contributed by atoms with Crippen molar-refractivity contribution >= 4 is 5.97 Å². The summed E-state index contributed by atoms with van der Waals surface area (Å²) in [6, 6.07) is 7.89. The van der Waals surface area contributed by atoms with Gasteiger partial charge in [-0.05, 0) is 36.0 Å². The third kappa shape index (κ3) is 5.33. The summed E-state index contributed by atoms with van der Waals surface area (Å²) in [7, 11) is 1.65. The molecule has 0 aliphatic heterocycles. The normalized spacial score (nSPS) is 12.3. The molecular weight excluding hydrogens is 240 g/mol. The van der Waals surface area contributed by atoms with Gasteiger partial charge in [0.1, 0.15) is 5.75 Å². The van der Waals surface area contributed by atoms with Gasteiger partial charge in [0.2, 0.25) is 0 Å². The highest BCUT2D eigenvalue weighted by atomic mass is 16.5. The van der Waals surface area contributed by atoms with Gasteiger partial charge in [0.05, 0.1) is 20.1 Å². The van der Waals surface area contributed by atoms with E-state index in [9.17, 15) is 4.79 Å². The number of esters is 1. The summed E-state index contributed by atoms with van der Waals surface area (Å²) in [6.07, 6.45) is 1.36. The zero-order chi connectivity index (χ0) is 14.3. The fraction of sp³-hybridized carbons (Fsp3) is 0.562. The quantitative estimate of drug-likeness (QED) is 0.703. The van der Waals surface area contributed by atoms with Crippen LogP contribution in [0.3, 0.4) is 0 Å². The largest absolute Gasteiger partial charge is 0.497 e. The van der Waals surface area contributed by atoms with Crippen LogP contribution in [0.15, 0.2) is 24.3 Å². The van der Waals surface area contributed by atoms with E-state index in [4.69, 9.17) is 9.47 Å². The van der Waals surface area contributed by atoms with Crippen molar-refractivity contribution in [2.75, 3.05) is 13.7 Å². The van der Waals surface area contributed by atoms with Crippen LogP contribution in [0.4, 0.5) is 0 Å². The first kappa shape index (κ1) is 15.5. The Hall–Kier alpha value is -1.51. The van der Waals surface area contributed by atoms with Crippen molar-refractivity contribution in [1.29, 1.82) is 0 Å². The van der Waals surface area contributed by atoms with Crippen molar-refractivity contribution in [3.63, 3.8) is 0 Å². The molecule has 106 valence electrons. The lowest BCUT2D eigenvalue weighted by Gasteiger charge is -2.15. The summed E-state index contributed by atoms with van der Waals surface area (Å²) < 4.78 is 10.4. The fourth-order valence-electron chi connectivity index (χ4n) is 1.89. The minimum atomic E-state index is -0.114. The Balaban J connectivity index is 2.59. The van der Waals surface area contributed by atoms with Crippen LogP contribution in [-0.4, -0.2) is 19.7 Å². The average Bonchev–Trinajstić information content (AvgIpc) is 2.42. The molecular formula is C16H24O3. The number of hydrogen-bond donors (Lipinski definition) is 0. The van der Waals surface area contributed by atoms with Crippen molar-refractivity contribution in [2.24, 2.45) is 5.92 Å². The molecule has 0 fully saturated rings. The van der Waals surface area contributed by atoms with Crippen molar-refractivity contribution in [3.05, 3.63) is 29.8 Å². The Morgan fingerprint density at radius 3 is 2.32 bits per heavy atom. The summed E-state index contributed by atoms with van der Waals surface area (Å²) >= 11 is 0. The summed E-state index contributed by atoms with van der Waals surface area (Å²) in [5, 5.41) is 0. The van der Waals surface area contributed by atoms with Gasteiger partial charge in [-0.25, -0.2) is 0 Å². The SMILES string of the molecule is CCC(CC(=O)OCC(C)C)c1ccc(OC)cc1. The zero-order valence-electron chi connectivity index (χ0n) is 12.3. The topological polar surface area (TPSA) is 35.5 Å². The number of carbonyl (C=O) groups excluding carboxylic acids is 1. The molecule has 0 saturated carbocycles. The number of hydrogen-bond acceptors (Lipinski definition) is 3. The van der Waals surface area contributed by atoms with Crippen LogP contribution in [0.5, 0.6) is 5.75 Å². The molecule has 1 unspecified atom stereocenters. The Kier molecular flexibility index (Phi) is 6.40. The molecule has 0 aromatic heterocycles. The highest BCUT2D eigenvalue weighted by Crippen LogP contribution is 2.25. The Bertz CT molecular complexity index is 381. The zero-order valence-corrected chi connectivity index (χ0v) is 12.3. The molecule has 0 heterocycles. The van der Waals surface area contributed by atoms with Gasteiger partial charge >= 0.3 is 5.97 Å². The van der Waals surface area contributed by atoms with Gasteiger partial charge in [-0.2, -0.15) is 0 Å². The van der Waals surface area contributed by atoms with Gasteiger partial charge in [-0.15, -0.1) is 0 Å². The minimum Gasteiger partial charge on any atom is -0.497 e. The van der Waals surface area contributed by atoms with E-state index in [-0.39, 0.29) is 11.9 Å². The minimum absolute atomic E-state index is 0.114. The smallest absolute Gasteiger partial charge is 0.306 e.